The monoisotopic (exact) mass is 334 g/mol. The molecule has 0 saturated heterocycles. The smallest absolute Gasteiger partial charge is 0.0213 e. The van der Waals surface area contributed by atoms with Gasteiger partial charge in [-0.15, -0.1) is 0 Å². The van der Waals surface area contributed by atoms with Gasteiger partial charge < -0.3 is 0 Å². The van der Waals surface area contributed by atoms with Gasteiger partial charge in [0.05, 0.1) is 0 Å². The lowest BCUT2D eigenvalue weighted by atomic mass is 10.0. The van der Waals surface area contributed by atoms with Gasteiger partial charge in [0.15, 0.2) is 0 Å². The third-order valence-electron chi connectivity index (χ3n) is 4.24. The lowest BCUT2D eigenvalue weighted by Crippen LogP contribution is -1.92. The van der Waals surface area contributed by atoms with Crippen molar-refractivity contribution >= 4 is 22.0 Å². The van der Waals surface area contributed by atoms with Crippen molar-refractivity contribution in [1.29, 1.82) is 0 Å². The van der Waals surface area contributed by atoms with Crippen LogP contribution in [0.5, 0.6) is 0 Å². The molecule has 0 N–H and O–H groups in total. The molecule has 0 heterocycles. The summed E-state index contributed by atoms with van der Waals surface area (Å²) in [6, 6.07) is 4.69. The van der Waals surface area contributed by atoms with Crippen molar-refractivity contribution in [3.05, 3.63) is 39.4 Å². The Morgan fingerprint density at radius 1 is 0.950 bits per heavy atom. The van der Waals surface area contributed by atoms with E-state index in [1.54, 1.807) is 0 Å². The molecule has 0 saturated carbocycles. The molecule has 110 valence electrons. The van der Waals surface area contributed by atoms with E-state index in [1.807, 2.05) is 0 Å². The fraction of sp³-hybridized carbons (Fsp3) is 0.579. The van der Waals surface area contributed by atoms with Crippen molar-refractivity contribution in [2.75, 3.05) is 0 Å². The van der Waals surface area contributed by atoms with Gasteiger partial charge in [0.25, 0.3) is 0 Å². The summed E-state index contributed by atoms with van der Waals surface area (Å²) < 4.78 is 1.30. The van der Waals surface area contributed by atoms with Crippen LogP contribution < -0.4 is 0 Å². The molecule has 0 aliphatic heterocycles. The second-order valence-corrected chi connectivity index (χ2v) is 6.83. The predicted molar refractivity (Wildman–Crippen MR) is 93.2 cm³/mol. The minimum Gasteiger partial charge on any atom is -0.0795 e. The Hall–Kier alpha value is -0.560. The number of fused-ring (bicyclic) bond motifs is 1. The van der Waals surface area contributed by atoms with E-state index >= 15 is 0 Å². The van der Waals surface area contributed by atoms with E-state index in [-0.39, 0.29) is 0 Å². The highest BCUT2D eigenvalue weighted by molar-refractivity contribution is 9.10. The van der Waals surface area contributed by atoms with Gasteiger partial charge in [0.1, 0.15) is 0 Å². The summed E-state index contributed by atoms with van der Waals surface area (Å²) in [4.78, 5) is 0. The minimum atomic E-state index is 1.12. The van der Waals surface area contributed by atoms with Gasteiger partial charge in [-0.1, -0.05) is 86.0 Å². The Bertz CT molecular complexity index is 445. The maximum atomic E-state index is 3.73. The number of rotatable bonds is 9. The van der Waals surface area contributed by atoms with Crippen LogP contribution in [0.25, 0.3) is 6.08 Å². The highest BCUT2D eigenvalue weighted by atomic mass is 79.9. The average Bonchev–Trinajstić information content (AvgIpc) is 2.88. The van der Waals surface area contributed by atoms with Gasteiger partial charge >= 0.3 is 0 Å². The maximum Gasteiger partial charge on any atom is 0.0213 e. The summed E-state index contributed by atoms with van der Waals surface area (Å²) >= 11 is 3.73. The van der Waals surface area contributed by atoms with Gasteiger partial charge in [-0.25, -0.2) is 0 Å². The number of unbranched alkanes of at least 4 members (excludes halogenated alkanes) is 7. The first kappa shape index (κ1) is 15.8. The molecule has 1 aliphatic rings. The predicted octanol–water partition coefficient (Wildman–Crippen LogP) is 6.70. The van der Waals surface area contributed by atoms with E-state index in [2.05, 4.69) is 47.1 Å². The van der Waals surface area contributed by atoms with Gasteiger partial charge in [-0.2, -0.15) is 0 Å². The summed E-state index contributed by atoms with van der Waals surface area (Å²) in [6.45, 7) is 2.28. The second kappa shape index (κ2) is 8.67. The topological polar surface area (TPSA) is 0 Å². The zero-order chi connectivity index (χ0) is 14.2. The SMILES string of the molecule is CCCCCCCCCCc1cc2c(cc1Br)C=CC2. The molecule has 0 fully saturated rings. The summed E-state index contributed by atoms with van der Waals surface area (Å²) in [7, 11) is 0. The molecule has 0 bridgehead atoms. The maximum absolute atomic E-state index is 3.73. The fourth-order valence-electron chi connectivity index (χ4n) is 2.97. The van der Waals surface area contributed by atoms with Gasteiger partial charge in [-0.3, -0.25) is 0 Å². The molecule has 0 amide bonds. The van der Waals surface area contributed by atoms with E-state index in [4.69, 9.17) is 0 Å². The second-order valence-electron chi connectivity index (χ2n) is 5.97. The molecule has 0 radical (unpaired) electrons. The van der Waals surface area contributed by atoms with Crippen molar-refractivity contribution < 1.29 is 0 Å². The van der Waals surface area contributed by atoms with Crippen LogP contribution in [0.3, 0.4) is 0 Å². The first-order valence-corrected chi connectivity index (χ1v) is 9.08. The molecular formula is C19H27Br. The summed E-state index contributed by atoms with van der Waals surface area (Å²) in [5.41, 5.74) is 4.40. The Balaban J connectivity index is 1.65. The van der Waals surface area contributed by atoms with Crippen LogP contribution in [0, 0.1) is 0 Å². The first-order valence-electron chi connectivity index (χ1n) is 8.29. The quantitative estimate of drug-likeness (QED) is 0.440. The van der Waals surface area contributed by atoms with Crippen molar-refractivity contribution in [2.24, 2.45) is 0 Å². The molecule has 1 aliphatic carbocycles. The Labute approximate surface area is 132 Å². The van der Waals surface area contributed by atoms with Crippen LogP contribution in [0.1, 0.15) is 75.0 Å². The molecule has 1 aromatic rings. The lowest BCUT2D eigenvalue weighted by molar-refractivity contribution is 0.575. The van der Waals surface area contributed by atoms with Crippen LogP contribution in [0.15, 0.2) is 22.7 Å². The van der Waals surface area contributed by atoms with Crippen LogP contribution in [-0.4, -0.2) is 0 Å². The van der Waals surface area contributed by atoms with E-state index in [0.29, 0.717) is 0 Å². The molecule has 1 aromatic carbocycles. The Morgan fingerprint density at radius 2 is 1.65 bits per heavy atom. The minimum absolute atomic E-state index is 1.12. The van der Waals surface area contributed by atoms with Crippen LogP contribution in [-0.2, 0) is 12.8 Å². The van der Waals surface area contributed by atoms with Crippen molar-refractivity contribution in [1.82, 2.24) is 0 Å². The highest BCUT2D eigenvalue weighted by Gasteiger charge is 2.09. The summed E-state index contributed by atoms with van der Waals surface area (Å²) in [5, 5.41) is 0. The zero-order valence-electron chi connectivity index (χ0n) is 12.8. The zero-order valence-corrected chi connectivity index (χ0v) is 14.3. The highest BCUT2D eigenvalue weighted by Crippen LogP contribution is 2.28. The summed E-state index contributed by atoms with van der Waals surface area (Å²) in [6.07, 6.45) is 18.0. The number of hydrogen-bond acceptors (Lipinski definition) is 0. The summed E-state index contributed by atoms with van der Waals surface area (Å²) in [5.74, 6) is 0. The molecular weight excluding hydrogens is 308 g/mol. The molecule has 20 heavy (non-hydrogen) atoms. The molecule has 0 atom stereocenters. The van der Waals surface area contributed by atoms with Gasteiger partial charge in [-0.05, 0) is 42.0 Å². The van der Waals surface area contributed by atoms with Crippen LogP contribution in [0.2, 0.25) is 0 Å². The standard InChI is InChI=1S/C19H27Br/c1-2-3-4-5-6-7-8-9-11-18-14-16-12-10-13-17(16)15-19(18)20/h10,13-15H,2-9,11-12H2,1H3. The van der Waals surface area contributed by atoms with E-state index in [1.165, 1.54) is 79.0 Å². The van der Waals surface area contributed by atoms with E-state index in [9.17, 15) is 0 Å². The average molecular weight is 335 g/mol. The van der Waals surface area contributed by atoms with Crippen molar-refractivity contribution in [3.63, 3.8) is 0 Å². The molecule has 0 aromatic heterocycles. The van der Waals surface area contributed by atoms with Gasteiger partial charge in [0, 0.05) is 4.47 Å². The molecule has 0 spiro atoms. The van der Waals surface area contributed by atoms with Gasteiger partial charge in [0.2, 0.25) is 0 Å². The van der Waals surface area contributed by atoms with E-state index < -0.39 is 0 Å². The van der Waals surface area contributed by atoms with Crippen molar-refractivity contribution in [2.45, 2.75) is 71.1 Å². The normalized spacial score (nSPS) is 12.9. The molecule has 0 nitrogen and oxygen atoms in total. The molecule has 2 rings (SSSR count). The first-order chi connectivity index (χ1) is 9.81. The number of halogens is 1. The third kappa shape index (κ3) is 4.77. The lowest BCUT2D eigenvalue weighted by Gasteiger charge is -2.08. The third-order valence-corrected chi connectivity index (χ3v) is 4.98. The fourth-order valence-corrected chi connectivity index (χ4v) is 3.53. The van der Waals surface area contributed by atoms with Crippen LogP contribution >= 0.6 is 15.9 Å². The van der Waals surface area contributed by atoms with Crippen LogP contribution in [0.4, 0.5) is 0 Å². The Morgan fingerprint density at radius 3 is 2.40 bits per heavy atom. The number of benzene rings is 1. The number of hydrogen-bond donors (Lipinski definition) is 0. The van der Waals surface area contributed by atoms with Crippen molar-refractivity contribution in [3.8, 4) is 0 Å². The largest absolute Gasteiger partial charge is 0.0795 e. The van der Waals surface area contributed by atoms with E-state index in [0.717, 1.165) is 6.42 Å². The molecule has 0 unspecified atom stereocenters. The number of allylic oxidation sites excluding steroid dienone is 1. The number of aryl methyl sites for hydroxylation is 1. The molecule has 1 heteroatoms. The Kier molecular flexibility index (Phi) is 6.86.